The fourth-order valence-electron chi connectivity index (χ4n) is 4.05. The van der Waals surface area contributed by atoms with Gasteiger partial charge in [-0.1, -0.05) is 12.1 Å². The van der Waals surface area contributed by atoms with Gasteiger partial charge in [-0.15, -0.1) is 0 Å². The molecule has 0 aliphatic carbocycles. The third-order valence-corrected chi connectivity index (χ3v) is 6.56. The van der Waals surface area contributed by atoms with E-state index in [9.17, 15) is 13.2 Å². The number of fused-ring (bicyclic) bond motifs is 1. The maximum Gasteiger partial charge on any atom is 0.255 e. The summed E-state index contributed by atoms with van der Waals surface area (Å²) in [5, 5.41) is 5.06. The number of hydrogen-bond acceptors (Lipinski definition) is 6. The molecule has 1 saturated heterocycles. The second-order valence-corrected chi connectivity index (χ2v) is 9.49. The van der Waals surface area contributed by atoms with Crippen LogP contribution in [-0.4, -0.2) is 60.3 Å². The highest BCUT2D eigenvalue weighted by Gasteiger charge is 2.26. The molecule has 1 amide bonds. The maximum atomic E-state index is 15.3. The number of carbonyl (C=O) groups excluding carboxylic acids is 1. The Kier molecular flexibility index (Phi) is 6.18. The van der Waals surface area contributed by atoms with Crippen molar-refractivity contribution in [1.29, 1.82) is 0 Å². The standard InChI is InChI=1S/C22H24FN5O3S/c1-15(29)28-10-9-27(13-18(14-28)16-3-2-8-25-11-16)12-17-4-6-20-19(22(17)23)5-7-21(26-20)32(24,30)31/h2-8,11,18H,9-10,12-14H2,1H3,(H2,24,30,31)/t18-/m1/s1. The minimum atomic E-state index is -3.97. The zero-order chi connectivity index (χ0) is 22.9. The van der Waals surface area contributed by atoms with E-state index in [1.165, 1.54) is 12.1 Å². The lowest BCUT2D eigenvalue weighted by molar-refractivity contribution is -0.128. The van der Waals surface area contributed by atoms with E-state index >= 15 is 4.39 Å². The summed E-state index contributed by atoms with van der Waals surface area (Å²) < 4.78 is 38.3. The van der Waals surface area contributed by atoms with E-state index in [0.29, 0.717) is 38.3 Å². The topological polar surface area (TPSA) is 109 Å². The summed E-state index contributed by atoms with van der Waals surface area (Å²) in [6.45, 7) is 4.30. The van der Waals surface area contributed by atoms with Gasteiger partial charge in [0.2, 0.25) is 5.91 Å². The van der Waals surface area contributed by atoms with Crippen molar-refractivity contribution < 1.29 is 17.6 Å². The van der Waals surface area contributed by atoms with Gasteiger partial charge >= 0.3 is 0 Å². The number of nitrogens with two attached hydrogens (primary N) is 1. The summed E-state index contributed by atoms with van der Waals surface area (Å²) in [5.74, 6) is -0.381. The number of carbonyl (C=O) groups is 1. The molecule has 1 aliphatic heterocycles. The lowest BCUT2D eigenvalue weighted by atomic mass is 9.99. The van der Waals surface area contributed by atoms with E-state index in [1.807, 2.05) is 17.0 Å². The van der Waals surface area contributed by atoms with E-state index in [1.54, 1.807) is 31.5 Å². The summed E-state index contributed by atoms with van der Waals surface area (Å²) >= 11 is 0. The molecule has 0 bridgehead atoms. The molecule has 2 aromatic heterocycles. The van der Waals surface area contributed by atoms with Gasteiger partial charge in [-0.3, -0.25) is 14.7 Å². The second kappa shape index (κ2) is 8.89. The molecule has 1 fully saturated rings. The van der Waals surface area contributed by atoms with Gasteiger partial charge in [-0.2, -0.15) is 0 Å². The van der Waals surface area contributed by atoms with Crippen LogP contribution in [-0.2, 0) is 21.4 Å². The summed E-state index contributed by atoms with van der Waals surface area (Å²) in [5.41, 5.74) is 1.73. The van der Waals surface area contributed by atoms with Crippen LogP contribution in [0.4, 0.5) is 4.39 Å². The molecule has 2 N–H and O–H groups in total. The van der Waals surface area contributed by atoms with Crippen molar-refractivity contribution in [3.63, 3.8) is 0 Å². The van der Waals surface area contributed by atoms with Crippen LogP contribution in [0.15, 0.2) is 53.8 Å². The van der Waals surface area contributed by atoms with E-state index in [4.69, 9.17) is 5.14 Å². The van der Waals surface area contributed by atoms with Gasteiger partial charge in [-0.05, 0) is 29.8 Å². The number of benzene rings is 1. The van der Waals surface area contributed by atoms with Crippen LogP contribution >= 0.6 is 0 Å². The van der Waals surface area contributed by atoms with Gasteiger partial charge in [-0.25, -0.2) is 22.9 Å². The van der Waals surface area contributed by atoms with Crippen molar-refractivity contribution in [3.05, 3.63) is 65.7 Å². The third kappa shape index (κ3) is 4.77. The number of primary sulfonamides is 1. The highest BCUT2D eigenvalue weighted by atomic mass is 32.2. The Morgan fingerprint density at radius 3 is 2.69 bits per heavy atom. The van der Waals surface area contributed by atoms with Crippen LogP contribution < -0.4 is 5.14 Å². The van der Waals surface area contributed by atoms with Gasteiger partial charge in [0.25, 0.3) is 10.0 Å². The van der Waals surface area contributed by atoms with E-state index in [0.717, 1.165) is 5.56 Å². The zero-order valence-corrected chi connectivity index (χ0v) is 18.4. The molecule has 0 saturated carbocycles. The molecule has 0 radical (unpaired) electrons. The number of aromatic nitrogens is 2. The molecule has 0 spiro atoms. The Labute approximate surface area is 185 Å². The smallest absolute Gasteiger partial charge is 0.255 e. The van der Waals surface area contributed by atoms with Crippen LogP contribution in [0.25, 0.3) is 10.9 Å². The van der Waals surface area contributed by atoms with Gasteiger partial charge in [0.15, 0.2) is 5.03 Å². The average Bonchev–Trinajstić information content (AvgIpc) is 2.98. The van der Waals surface area contributed by atoms with Crippen molar-refractivity contribution >= 4 is 26.8 Å². The molecule has 1 aliphatic rings. The summed E-state index contributed by atoms with van der Waals surface area (Å²) in [6.07, 6.45) is 3.51. The Bertz CT molecular complexity index is 1250. The van der Waals surface area contributed by atoms with Crippen molar-refractivity contribution in [2.75, 3.05) is 26.2 Å². The zero-order valence-electron chi connectivity index (χ0n) is 17.6. The predicted octanol–water partition coefficient (Wildman–Crippen LogP) is 1.86. The van der Waals surface area contributed by atoms with Crippen molar-refractivity contribution in [2.24, 2.45) is 5.14 Å². The summed E-state index contributed by atoms with van der Waals surface area (Å²) in [4.78, 5) is 24.2. The minimum Gasteiger partial charge on any atom is -0.341 e. The maximum absolute atomic E-state index is 15.3. The summed E-state index contributed by atoms with van der Waals surface area (Å²) in [7, 11) is -3.97. The molecule has 3 heterocycles. The van der Waals surface area contributed by atoms with Crippen LogP contribution in [0.5, 0.6) is 0 Å². The molecule has 1 aromatic carbocycles. The Balaban J connectivity index is 1.62. The molecule has 8 nitrogen and oxygen atoms in total. The molecule has 0 unspecified atom stereocenters. The van der Waals surface area contributed by atoms with Crippen LogP contribution in [0.3, 0.4) is 0 Å². The number of halogens is 1. The molecular formula is C22H24FN5O3S. The normalized spacial score (nSPS) is 18.0. The lowest BCUT2D eigenvalue weighted by Gasteiger charge is -2.24. The number of sulfonamides is 1. The molecule has 1 atom stereocenters. The monoisotopic (exact) mass is 457 g/mol. The van der Waals surface area contributed by atoms with Crippen molar-refractivity contribution in [1.82, 2.24) is 19.8 Å². The van der Waals surface area contributed by atoms with Gasteiger partial charge in [0.05, 0.1) is 5.52 Å². The van der Waals surface area contributed by atoms with E-state index < -0.39 is 15.8 Å². The Hall–Kier alpha value is -2.95. The largest absolute Gasteiger partial charge is 0.341 e. The highest BCUT2D eigenvalue weighted by molar-refractivity contribution is 7.89. The Morgan fingerprint density at radius 2 is 2.00 bits per heavy atom. The number of pyridine rings is 2. The molecule has 3 aromatic rings. The number of nitrogens with zero attached hydrogens (tertiary/aromatic N) is 4. The molecule has 32 heavy (non-hydrogen) atoms. The first-order valence-corrected chi connectivity index (χ1v) is 11.8. The summed E-state index contributed by atoms with van der Waals surface area (Å²) in [6, 6.07) is 9.67. The molecule has 10 heteroatoms. The highest BCUT2D eigenvalue weighted by Crippen LogP contribution is 2.25. The van der Waals surface area contributed by atoms with Crippen molar-refractivity contribution in [2.45, 2.75) is 24.4 Å². The second-order valence-electron chi connectivity index (χ2n) is 7.98. The first-order chi connectivity index (χ1) is 15.2. The first-order valence-electron chi connectivity index (χ1n) is 10.2. The fraction of sp³-hybridized carbons (Fsp3) is 0.318. The predicted molar refractivity (Wildman–Crippen MR) is 118 cm³/mol. The van der Waals surface area contributed by atoms with E-state index in [2.05, 4.69) is 14.9 Å². The Morgan fingerprint density at radius 1 is 1.19 bits per heavy atom. The number of rotatable bonds is 4. The number of amides is 1. The lowest BCUT2D eigenvalue weighted by Crippen LogP contribution is -2.34. The minimum absolute atomic E-state index is 0.00867. The quantitative estimate of drug-likeness (QED) is 0.641. The average molecular weight is 458 g/mol. The van der Waals surface area contributed by atoms with Crippen LogP contribution in [0.1, 0.15) is 24.0 Å². The molecular weight excluding hydrogens is 433 g/mol. The first kappa shape index (κ1) is 22.3. The fourth-order valence-corrected chi connectivity index (χ4v) is 4.54. The van der Waals surface area contributed by atoms with Crippen molar-refractivity contribution in [3.8, 4) is 0 Å². The van der Waals surface area contributed by atoms with Crippen LogP contribution in [0, 0.1) is 5.82 Å². The van der Waals surface area contributed by atoms with Gasteiger partial charge in [0.1, 0.15) is 5.82 Å². The van der Waals surface area contributed by atoms with Gasteiger partial charge < -0.3 is 4.90 Å². The number of hydrogen-bond donors (Lipinski definition) is 1. The molecule has 4 rings (SSSR count). The van der Waals surface area contributed by atoms with E-state index in [-0.39, 0.29) is 27.8 Å². The third-order valence-electron chi connectivity index (χ3n) is 5.75. The molecule has 168 valence electrons. The van der Waals surface area contributed by atoms with Crippen LogP contribution in [0.2, 0.25) is 0 Å². The van der Waals surface area contributed by atoms with Gasteiger partial charge in [0, 0.05) is 68.9 Å². The SMILES string of the molecule is CC(=O)N1CCN(Cc2ccc3nc(S(N)(=O)=O)ccc3c2F)C[C@@H](c2cccnc2)C1.